The SMILES string of the molecule is CC1(C)c2ccccc2-c2ccc3cc4c(cc3c21)c1ccccc1n4-c1nc2ccccc2n1-c1ccccc1. The van der Waals surface area contributed by atoms with Crippen LogP contribution in [0.5, 0.6) is 0 Å². The van der Waals surface area contributed by atoms with Gasteiger partial charge < -0.3 is 0 Å². The monoisotopic (exact) mass is 525 g/mol. The molecule has 1 aliphatic carbocycles. The second-order valence-corrected chi connectivity index (χ2v) is 11.7. The molecule has 1 aliphatic rings. The van der Waals surface area contributed by atoms with E-state index in [0.29, 0.717) is 0 Å². The van der Waals surface area contributed by atoms with Gasteiger partial charge in [-0.1, -0.05) is 98.8 Å². The van der Waals surface area contributed by atoms with Crippen LogP contribution >= 0.6 is 0 Å². The lowest BCUT2D eigenvalue weighted by atomic mass is 9.80. The summed E-state index contributed by atoms with van der Waals surface area (Å²) in [6, 6.07) is 46.0. The highest BCUT2D eigenvalue weighted by Gasteiger charge is 2.36. The minimum Gasteiger partial charge on any atom is -0.279 e. The summed E-state index contributed by atoms with van der Waals surface area (Å²) in [7, 11) is 0. The molecule has 3 nitrogen and oxygen atoms in total. The molecular formula is C38H27N3. The first-order valence-corrected chi connectivity index (χ1v) is 14.2. The molecule has 0 fully saturated rings. The van der Waals surface area contributed by atoms with E-state index in [0.717, 1.165) is 28.2 Å². The Morgan fingerprint density at radius 2 is 1.27 bits per heavy atom. The average Bonchev–Trinajstić information content (AvgIpc) is 3.62. The van der Waals surface area contributed by atoms with Crippen LogP contribution in [-0.4, -0.2) is 14.1 Å². The number of hydrogen-bond donors (Lipinski definition) is 0. The Morgan fingerprint density at radius 1 is 0.537 bits per heavy atom. The molecule has 9 rings (SSSR count). The van der Waals surface area contributed by atoms with Gasteiger partial charge in [0.05, 0.1) is 22.1 Å². The molecule has 2 aromatic heterocycles. The molecule has 0 amide bonds. The molecule has 0 spiro atoms. The number of imidazole rings is 1. The van der Waals surface area contributed by atoms with Crippen LogP contribution < -0.4 is 0 Å². The number of hydrogen-bond acceptors (Lipinski definition) is 1. The normalized spacial score (nSPS) is 13.8. The summed E-state index contributed by atoms with van der Waals surface area (Å²) in [5.41, 5.74) is 11.0. The van der Waals surface area contributed by atoms with Gasteiger partial charge >= 0.3 is 0 Å². The smallest absolute Gasteiger partial charge is 0.220 e. The van der Waals surface area contributed by atoms with E-state index in [1.54, 1.807) is 0 Å². The van der Waals surface area contributed by atoms with Crippen LogP contribution in [0.25, 0.3) is 66.4 Å². The Morgan fingerprint density at radius 3 is 2.15 bits per heavy atom. The van der Waals surface area contributed by atoms with Crippen molar-refractivity contribution < 1.29 is 0 Å². The maximum atomic E-state index is 5.25. The number of para-hydroxylation sites is 4. The number of rotatable bonds is 2. The van der Waals surface area contributed by atoms with Gasteiger partial charge in [-0.15, -0.1) is 0 Å². The Kier molecular flexibility index (Phi) is 4.39. The zero-order valence-corrected chi connectivity index (χ0v) is 23.0. The van der Waals surface area contributed by atoms with Crippen molar-refractivity contribution in [2.24, 2.45) is 0 Å². The van der Waals surface area contributed by atoms with E-state index in [4.69, 9.17) is 4.98 Å². The van der Waals surface area contributed by atoms with Gasteiger partial charge in [-0.3, -0.25) is 9.13 Å². The van der Waals surface area contributed by atoms with Crippen molar-refractivity contribution in [3.05, 3.63) is 139 Å². The van der Waals surface area contributed by atoms with Crippen LogP contribution in [0.15, 0.2) is 127 Å². The second-order valence-electron chi connectivity index (χ2n) is 11.7. The predicted octanol–water partition coefficient (Wildman–Crippen LogP) is 9.58. The van der Waals surface area contributed by atoms with Crippen molar-refractivity contribution in [2.75, 3.05) is 0 Å². The fourth-order valence-corrected chi connectivity index (χ4v) is 7.29. The lowest BCUT2D eigenvalue weighted by molar-refractivity contribution is 0.666. The molecule has 0 aliphatic heterocycles. The summed E-state index contributed by atoms with van der Waals surface area (Å²) in [6.07, 6.45) is 0. The Labute approximate surface area is 237 Å². The molecule has 41 heavy (non-hydrogen) atoms. The number of aromatic nitrogens is 3. The molecule has 8 aromatic rings. The maximum absolute atomic E-state index is 5.25. The van der Waals surface area contributed by atoms with Gasteiger partial charge in [-0.05, 0) is 75.5 Å². The zero-order valence-electron chi connectivity index (χ0n) is 23.0. The fraction of sp³-hybridized carbons (Fsp3) is 0.0789. The molecule has 0 saturated heterocycles. The molecule has 0 N–H and O–H groups in total. The highest BCUT2D eigenvalue weighted by molar-refractivity contribution is 6.15. The van der Waals surface area contributed by atoms with Crippen molar-refractivity contribution in [3.8, 4) is 22.8 Å². The number of fused-ring (bicyclic) bond motifs is 9. The minimum atomic E-state index is -0.0707. The second kappa shape index (κ2) is 7.96. The van der Waals surface area contributed by atoms with E-state index < -0.39 is 0 Å². The van der Waals surface area contributed by atoms with E-state index in [1.165, 1.54) is 49.3 Å². The molecule has 0 atom stereocenters. The average molecular weight is 526 g/mol. The quantitative estimate of drug-likeness (QED) is 0.220. The van der Waals surface area contributed by atoms with Crippen LogP contribution in [0.2, 0.25) is 0 Å². The van der Waals surface area contributed by atoms with Crippen LogP contribution in [0.4, 0.5) is 0 Å². The largest absolute Gasteiger partial charge is 0.279 e. The van der Waals surface area contributed by atoms with Crippen LogP contribution in [0.1, 0.15) is 25.0 Å². The summed E-state index contributed by atoms with van der Waals surface area (Å²) >= 11 is 0. The van der Waals surface area contributed by atoms with E-state index in [2.05, 4.69) is 150 Å². The molecule has 194 valence electrons. The van der Waals surface area contributed by atoms with Gasteiger partial charge in [0, 0.05) is 21.9 Å². The van der Waals surface area contributed by atoms with Crippen molar-refractivity contribution in [2.45, 2.75) is 19.3 Å². The summed E-state index contributed by atoms with van der Waals surface area (Å²) in [5.74, 6) is 0.900. The first kappa shape index (κ1) is 22.6. The van der Waals surface area contributed by atoms with Crippen molar-refractivity contribution >= 4 is 43.6 Å². The molecular weight excluding hydrogens is 498 g/mol. The Hall–Kier alpha value is -5.15. The first-order chi connectivity index (χ1) is 20.1. The van der Waals surface area contributed by atoms with E-state index in [-0.39, 0.29) is 5.41 Å². The van der Waals surface area contributed by atoms with Gasteiger partial charge in [0.15, 0.2) is 0 Å². The standard InChI is InChI=1S/C38H27N3/c1-38(2)31-16-8-6-14-26(31)28-21-20-24-22-35-30(23-29(24)36(28)38)27-15-7-10-18-33(27)41(35)37-39-32-17-9-11-19-34(32)40(37)25-12-4-3-5-13-25/h3-23H,1-2H3. The predicted molar refractivity (Wildman–Crippen MR) is 170 cm³/mol. The third-order valence-electron chi connectivity index (χ3n) is 9.09. The zero-order chi connectivity index (χ0) is 27.3. The lowest BCUT2D eigenvalue weighted by Gasteiger charge is -2.23. The van der Waals surface area contributed by atoms with Crippen LogP contribution in [0, 0.1) is 0 Å². The van der Waals surface area contributed by atoms with Crippen LogP contribution in [0.3, 0.4) is 0 Å². The maximum Gasteiger partial charge on any atom is 0.220 e. The van der Waals surface area contributed by atoms with E-state index >= 15 is 0 Å². The van der Waals surface area contributed by atoms with Crippen molar-refractivity contribution in [3.63, 3.8) is 0 Å². The lowest BCUT2D eigenvalue weighted by Crippen LogP contribution is -2.15. The highest BCUT2D eigenvalue weighted by atomic mass is 15.2. The number of nitrogens with zero attached hydrogens (tertiary/aromatic N) is 3. The minimum absolute atomic E-state index is 0.0707. The third kappa shape index (κ3) is 2.95. The van der Waals surface area contributed by atoms with Gasteiger partial charge in [-0.2, -0.15) is 0 Å². The van der Waals surface area contributed by atoms with Gasteiger partial charge in [0.2, 0.25) is 5.95 Å². The van der Waals surface area contributed by atoms with E-state index in [9.17, 15) is 0 Å². The summed E-state index contributed by atoms with van der Waals surface area (Å²) < 4.78 is 4.64. The van der Waals surface area contributed by atoms with Gasteiger partial charge in [0.25, 0.3) is 0 Å². The topological polar surface area (TPSA) is 22.8 Å². The summed E-state index contributed by atoms with van der Waals surface area (Å²) in [4.78, 5) is 5.25. The first-order valence-electron chi connectivity index (χ1n) is 14.2. The summed E-state index contributed by atoms with van der Waals surface area (Å²) in [5, 5.41) is 5.07. The van der Waals surface area contributed by atoms with Gasteiger partial charge in [-0.25, -0.2) is 4.98 Å². The highest BCUT2D eigenvalue weighted by Crippen LogP contribution is 2.52. The molecule has 0 radical (unpaired) electrons. The van der Waals surface area contributed by atoms with Gasteiger partial charge in [0.1, 0.15) is 0 Å². The molecule has 3 heteroatoms. The Balaban J connectivity index is 1.42. The van der Waals surface area contributed by atoms with Crippen molar-refractivity contribution in [1.82, 2.24) is 14.1 Å². The van der Waals surface area contributed by atoms with E-state index in [1.807, 2.05) is 0 Å². The molecule has 0 unspecified atom stereocenters. The molecule has 0 saturated carbocycles. The molecule has 6 aromatic carbocycles. The summed E-state index contributed by atoms with van der Waals surface area (Å²) in [6.45, 7) is 4.74. The van der Waals surface area contributed by atoms with Crippen LogP contribution in [-0.2, 0) is 5.41 Å². The molecule has 2 heterocycles. The molecule has 0 bridgehead atoms. The Bertz CT molecular complexity index is 2330. The fourth-order valence-electron chi connectivity index (χ4n) is 7.29. The number of benzene rings is 6. The van der Waals surface area contributed by atoms with Crippen molar-refractivity contribution in [1.29, 1.82) is 0 Å². The third-order valence-corrected chi connectivity index (χ3v) is 9.09.